The molecule has 1 fully saturated rings. The van der Waals surface area contributed by atoms with Gasteiger partial charge in [0, 0.05) is 25.7 Å². The summed E-state index contributed by atoms with van der Waals surface area (Å²) >= 11 is 0. The van der Waals surface area contributed by atoms with Gasteiger partial charge in [0.15, 0.2) is 0 Å². The zero-order valence-corrected chi connectivity index (χ0v) is 9.02. The van der Waals surface area contributed by atoms with Crippen LogP contribution in [-0.4, -0.2) is 38.4 Å². The lowest BCUT2D eigenvalue weighted by Gasteiger charge is -2.25. The van der Waals surface area contributed by atoms with E-state index in [0.29, 0.717) is 11.6 Å². The lowest BCUT2D eigenvalue weighted by atomic mass is 10.0. The van der Waals surface area contributed by atoms with Crippen LogP contribution in [0.15, 0.2) is 0 Å². The van der Waals surface area contributed by atoms with E-state index in [9.17, 15) is 0 Å². The molecule has 1 saturated heterocycles. The third-order valence-corrected chi connectivity index (χ3v) is 2.81. The van der Waals surface area contributed by atoms with Gasteiger partial charge in [0.05, 0.1) is 6.10 Å². The van der Waals surface area contributed by atoms with Gasteiger partial charge in [0.25, 0.3) is 0 Å². The van der Waals surface area contributed by atoms with Gasteiger partial charge in [-0.1, -0.05) is 0 Å². The Morgan fingerprint density at radius 2 is 2.38 bits per heavy atom. The molecule has 0 aromatic rings. The maximum atomic E-state index is 5.16. The molecule has 2 N–H and O–H groups in total. The Hall–Kier alpha value is -0.120. The maximum absolute atomic E-state index is 5.16. The molecule has 2 atom stereocenters. The standard InChI is InChI=1S/C10H22N2O/c1-9(13-3)7-11-8-10(2)5-4-6-12-10/h9,11-12H,4-8H2,1-3H3. The van der Waals surface area contributed by atoms with Crippen molar-refractivity contribution >= 4 is 0 Å². The van der Waals surface area contributed by atoms with Crippen LogP contribution in [-0.2, 0) is 4.74 Å². The first kappa shape index (κ1) is 11.0. The summed E-state index contributed by atoms with van der Waals surface area (Å²) in [4.78, 5) is 0. The molecule has 1 aliphatic heterocycles. The number of nitrogens with one attached hydrogen (secondary N) is 2. The van der Waals surface area contributed by atoms with Crippen molar-refractivity contribution in [3.63, 3.8) is 0 Å². The molecule has 13 heavy (non-hydrogen) atoms. The number of methoxy groups -OCH3 is 1. The molecule has 0 aromatic heterocycles. The van der Waals surface area contributed by atoms with E-state index in [2.05, 4.69) is 24.5 Å². The quantitative estimate of drug-likeness (QED) is 0.665. The molecule has 0 spiro atoms. The summed E-state index contributed by atoms with van der Waals surface area (Å²) in [6.07, 6.45) is 2.89. The van der Waals surface area contributed by atoms with E-state index in [1.807, 2.05) is 0 Å². The molecule has 1 aliphatic rings. The first-order chi connectivity index (χ1) is 6.16. The monoisotopic (exact) mass is 186 g/mol. The SMILES string of the molecule is COC(C)CNCC1(C)CCCN1. The van der Waals surface area contributed by atoms with Gasteiger partial charge in [-0.2, -0.15) is 0 Å². The smallest absolute Gasteiger partial charge is 0.0667 e. The zero-order valence-electron chi connectivity index (χ0n) is 9.02. The highest BCUT2D eigenvalue weighted by Gasteiger charge is 2.27. The molecule has 1 rings (SSSR count). The van der Waals surface area contributed by atoms with E-state index in [4.69, 9.17) is 4.74 Å². The predicted molar refractivity (Wildman–Crippen MR) is 55.0 cm³/mol. The second-order valence-corrected chi connectivity index (χ2v) is 4.27. The summed E-state index contributed by atoms with van der Waals surface area (Å²) in [5.41, 5.74) is 0.313. The predicted octanol–water partition coefficient (Wildman–Crippen LogP) is 0.753. The van der Waals surface area contributed by atoms with E-state index in [-0.39, 0.29) is 0 Å². The van der Waals surface area contributed by atoms with E-state index < -0.39 is 0 Å². The van der Waals surface area contributed by atoms with Crippen LogP contribution >= 0.6 is 0 Å². The molecule has 0 amide bonds. The molecule has 1 heterocycles. The average molecular weight is 186 g/mol. The Kier molecular flexibility index (Phi) is 4.16. The minimum absolute atomic E-state index is 0.310. The van der Waals surface area contributed by atoms with Crippen LogP contribution in [0.4, 0.5) is 0 Å². The Morgan fingerprint density at radius 3 is 2.92 bits per heavy atom. The Bertz CT molecular complexity index is 144. The molecular weight excluding hydrogens is 164 g/mol. The Balaban J connectivity index is 2.11. The summed E-state index contributed by atoms with van der Waals surface area (Å²) in [7, 11) is 1.75. The molecule has 0 saturated carbocycles. The molecule has 78 valence electrons. The van der Waals surface area contributed by atoms with Crippen LogP contribution in [0.3, 0.4) is 0 Å². The highest BCUT2D eigenvalue weighted by molar-refractivity contribution is 4.90. The van der Waals surface area contributed by atoms with Gasteiger partial charge >= 0.3 is 0 Å². The summed E-state index contributed by atoms with van der Waals surface area (Å²) in [6, 6.07) is 0. The van der Waals surface area contributed by atoms with Crippen LogP contribution in [0.1, 0.15) is 26.7 Å². The molecular formula is C10H22N2O. The first-order valence-electron chi connectivity index (χ1n) is 5.15. The number of hydrogen-bond acceptors (Lipinski definition) is 3. The Morgan fingerprint density at radius 1 is 1.62 bits per heavy atom. The molecule has 0 bridgehead atoms. The van der Waals surface area contributed by atoms with Gasteiger partial charge in [-0.05, 0) is 33.2 Å². The minimum Gasteiger partial charge on any atom is -0.380 e. The normalized spacial score (nSPS) is 30.7. The molecule has 0 radical (unpaired) electrons. The summed E-state index contributed by atoms with van der Waals surface area (Å²) in [5, 5.41) is 6.95. The third kappa shape index (κ3) is 3.63. The lowest BCUT2D eigenvalue weighted by molar-refractivity contribution is 0.115. The minimum atomic E-state index is 0.310. The van der Waals surface area contributed by atoms with Crippen LogP contribution in [0.2, 0.25) is 0 Å². The summed E-state index contributed by atoms with van der Waals surface area (Å²) in [6.45, 7) is 7.51. The molecule has 0 aromatic carbocycles. The molecule has 3 heteroatoms. The van der Waals surface area contributed by atoms with Crippen LogP contribution < -0.4 is 10.6 Å². The number of ether oxygens (including phenoxy) is 1. The fraction of sp³-hybridized carbons (Fsp3) is 1.00. The highest BCUT2D eigenvalue weighted by Crippen LogP contribution is 2.16. The fourth-order valence-corrected chi connectivity index (χ4v) is 1.74. The van der Waals surface area contributed by atoms with Crippen molar-refractivity contribution in [3.8, 4) is 0 Å². The van der Waals surface area contributed by atoms with Crippen molar-refractivity contribution in [2.75, 3.05) is 26.7 Å². The van der Waals surface area contributed by atoms with Crippen molar-refractivity contribution < 1.29 is 4.74 Å². The molecule has 3 nitrogen and oxygen atoms in total. The van der Waals surface area contributed by atoms with Gasteiger partial charge in [-0.15, -0.1) is 0 Å². The maximum Gasteiger partial charge on any atom is 0.0667 e. The fourth-order valence-electron chi connectivity index (χ4n) is 1.74. The highest BCUT2D eigenvalue weighted by atomic mass is 16.5. The van der Waals surface area contributed by atoms with E-state index in [0.717, 1.165) is 19.6 Å². The van der Waals surface area contributed by atoms with Crippen molar-refractivity contribution in [1.82, 2.24) is 10.6 Å². The summed E-state index contributed by atoms with van der Waals surface area (Å²) in [5.74, 6) is 0. The van der Waals surface area contributed by atoms with Gasteiger partial charge in [-0.3, -0.25) is 0 Å². The van der Waals surface area contributed by atoms with E-state index >= 15 is 0 Å². The second kappa shape index (κ2) is 4.94. The number of hydrogen-bond donors (Lipinski definition) is 2. The molecule has 0 aliphatic carbocycles. The third-order valence-electron chi connectivity index (χ3n) is 2.81. The van der Waals surface area contributed by atoms with E-state index in [1.54, 1.807) is 7.11 Å². The van der Waals surface area contributed by atoms with Crippen molar-refractivity contribution in [2.24, 2.45) is 0 Å². The van der Waals surface area contributed by atoms with Crippen molar-refractivity contribution in [3.05, 3.63) is 0 Å². The second-order valence-electron chi connectivity index (χ2n) is 4.27. The van der Waals surface area contributed by atoms with Crippen LogP contribution in [0, 0.1) is 0 Å². The van der Waals surface area contributed by atoms with E-state index in [1.165, 1.54) is 12.8 Å². The topological polar surface area (TPSA) is 33.3 Å². The van der Waals surface area contributed by atoms with Gasteiger partial charge in [-0.25, -0.2) is 0 Å². The largest absolute Gasteiger partial charge is 0.380 e. The van der Waals surface area contributed by atoms with Crippen LogP contribution in [0.5, 0.6) is 0 Å². The van der Waals surface area contributed by atoms with Gasteiger partial charge in [0.2, 0.25) is 0 Å². The average Bonchev–Trinajstić information content (AvgIpc) is 2.52. The molecule has 2 unspecified atom stereocenters. The van der Waals surface area contributed by atoms with Crippen LogP contribution in [0.25, 0.3) is 0 Å². The van der Waals surface area contributed by atoms with Crippen molar-refractivity contribution in [1.29, 1.82) is 0 Å². The Labute approximate surface area is 81.2 Å². The van der Waals surface area contributed by atoms with Crippen molar-refractivity contribution in [2.45, 2.75) is 38.3 Å². The first-order valence-corrected chi connectivity index (χ1v) is 5.15. The lowest BCUT2D eigenvalue weighted by Crippen LogP contribution is -2.47. The number of rotatable bonds is 5. The summed E-state index contributed by atoms with van der Waals surface area (Å²) < 4.78 is 5.16. The zero-order chi connectivity index (χ0) is 9.73. The van der Waals surface area contributed by atoms with Gasteiger partial charge < -0.3 is 15.4 Å². The van der Waals surface area contributed by atoms with Gasteiger partial charge in [0.1, 0.15) is 0 Å².